The first-order valence-electron chi connectivity index (χ1n) is 3.92. The Kier molecular flexibility index (Phi) is 2.19. The average molecular weight is 171 g/mol. The van der Waals surface area contributed by atoms with Gasteiger partial charge in [0.15, 0.2) is 0 Å². The third-order valence-corrected chi connectivity index (χ3v) is 1.95. The third kappa shape index (κ3) is 1.48. The van der Waals surface area contributed by atoms with Crippen LogP contribution < -0.4 is 0 Å². The first kappa shape index (κ1) is 9.19. The van der Waals surface area contributed by atoms with Gasteiger partial charge in [-0.2, -0.15) is 0 Å². The molecule has 1 heterocycles. The second-order valence-electron chi connectivity index (χ2n) is 3.44. The summed E-state index contributed by atoms with van der Waals surface area (Å²) in [4.78, 5) is 22.7. The smallest absolute Gasteiger partial charge is 0.289 e. The van der Waals surface area contributed by atoms with Crippen LogP contribution in [-0.4, -0.2) is 35.5 Å². The van der Waals surface area contributed by atoms with E-state index >= 15 is 0 Å². The van der Waals surface area contributed by atoms with E-state index in [1.54, 1.807) is 13.8 Å². The minimum absolute atomic E-state index is 0.00361. The van der Waals surface area contributed by atoms with E-state index in [0.717, 1.165) is 0 Å². The Morgan fingerprint density at radius 3 is 2.58 bits per heavy atom. The van der Waals surface area contributed by atoms with Crippen LogP contribution in [0, 0.1) is 0 Å². The summed E-state index contributed by atoms with van der Waals surface area (Å²) in [6.45, 7) is 5.92. The number of ether oxygens (including phenoxy) is 1. The lowest BCUT2D eigenvalue weighted by molar-refractivity contribution is -0.149. The van der Waals surface area contributed by atoms with Crippen LogP contribution in [0.25, 0.3) is 0 Å². The quantitative estimate of drug-likeness (QED) is 0.417. The van der Waals surface area contributed by atoms with E-state index in [-0.39, 0.29) is 6.10 Å². The van der Waals surface area contributed by atoms with Gasteiger partial charge < -0.3 is 9.64 Å². The highest BCUT2D eigenvalue weighted by Gasteiger charge is 2.39. The minimum atomic E-state index is -0.641. The van der Waals surface area contributed by atoms with Crippen LogP contribution >= 0.6 is 0 Å². The maximum Gasteiger partial charge on any atom is 0.289 e. The molecule has 0 saturated carbocycles. The molecule has 68 valence electrons. The molecule has 4 heteroatoms. The molecule has 0 aromatic heterocycles. The van der Waals surface area contributed by atoms with Crippen LogP contribution in [0.1, 0.15) is 20.8 Å². The summed E-state index contributed by atoms with van der Waals surface area (Å²) < 4.78 is 5.43. The topological polar surface area (TPSA) is 46.6 Å². The summed E-state index contributed by atoms with van der Waals surface area (Å²) in [5.74, 6) is -0.510. The first-order chi connectivity index (χ1) is 5.47. The summed E-state index contributed by atoms with van der Waals surface area (Å²) in [7, 11) is 0. The van der Waals surface area contributed by atoms with Crippen molar-refractivity contribution < 1.29 is 14.3 Å². The van der Waals surface area contributed by atoms with Crippen LogP contribution in [0.4, 0.5) is 0 Å². The average Bonchev–Trinajstić information content (AvgIpc) is 2.23. The van der Waals surface area contributed by atoms with Crippen molar-refractivity contribution in [2.45, 2.75) is 32.6 Å². The largest absolute Gasteiger partial charge is 0.351 e. The van der Waals surface area contributed by atoms with Crippen molar-refractivity contribution in [3.8, 4) is 0 Å². The van der Waals surface area contributed by atoms with E-state index in [1.165, 1.54) is 4.90 Å². The van der Waals surface area contributed by atoms with Crippen molar-refractivity contribution in [2.24, 2.45) is 0 Å². The van der Waals surface area contributed by atoms with E-state index in [2.05, 4.69) is 0 Å². The lowest BCUT2D eigenvalue weighted by Gasteiger charge is -2.27. The van der Waals surface area contributed by atoms with E-state index in [9.17, 15) is 9.59 Å². The Bertz CT molecular complexity index is 212. The predicted molar refractivity (Wildman–Crippen MR) is 42.4 cm³/mol. The molecule has 0 spiro atoms. The molecule has 1 aliphatic heterocycles. The highest BCUT2D eigenvalue weighted by Crippen LogP contribution is 2.25. The maximum absolute atomic E-state index is 11.1. The molecule has 0 aromatic carbocycles. The number of nitrogens with zero attached hydrogens (tertiary/aromatic N) is 1. The van der Waals surface area contributed by atoms with E-state index < -0.39 is 11.6 Å². The molecule has 0 aliphatic carbocycles. The van der Waals surface area contributed by atoms with Gasteiger partial charge in [0.05, 0.1) is 6.10 Å². The fourth-order valence-electron chi connectivity index (χ4n) is 1.49. The first-order valence-corrected chi connectivity index (χ1v) is 3.92. The van der Waals surface area contributed by atoms with Gasteiger partial charge in [-0.1, -0.05) is 0 Å². The lowest BCUT2D eigenvalue weighted by atomic mass is 10.2. The van der Waals surface area contributed by atoms with Gasteiger partial charge >= 0.3 is 0 Å². The normalized spacial score (nSPS) is 27.2. The second-order valence-corrected chi connectivity index (χ2v) is 3.44. The van der Waals surface area contributed by atoms with Gasteiger partial charge in [-0.25, -0.2) is 0 Å². The molecule has 1 saturated heterocycles. The van der Waals surface area contributed by atoms with Gasteiger partial charge in [-0.05, 0) is 20.8 Å². The summed E-state index contributed by atoms with van der Waals surface area (Å²) in [6, 6.07) is 0. The Morgan fingerprint density at radius 1 is 1.67 bits per heavy atom. The SMILES string of the molecule is CC1CN(C(=O)C=O)C(C)(C)O1. The van der Waals surface area contributed by atoms with Crippen molar-refractivity contribution in [3.63, 3.8) is 0 Å². The zero-order valence-electron chi connectivity index (χ0n) is 7.53. The molecule has 1 rings (SSSR count). The van der Waals surface area contributed by atoms with Crippen LogP contribution in [-0.2, 0) is 14.3 Å². The number of rotatable bonds is 1. The molecule has 1 atom stereocenters. The minimum Gasteiger partial charge on any atom is -0.351 e. The molecule has 1 unspecified atom stereocenters. The summed E-state index contributed by atoms with van der Waals surface area (Å²) >= 11 is 0. The van der Waals surface area contributed by atoms with Gasteiger partial charge in [0.2, 0.25) is 6.29 Å². The number of aldehydes is 1. The highest BCUT2D eigenvalue weighted by atomic mass is 16.5. The van der Waals surface area contributed by atoms with Gasteiger partial charge in [-0.15, -0.1) is 0 Å². The Morgan fingerprint density at radius 2 is 2.25 bits per heavy atom. The number of amides is 1. The second kappa shape index (κ2) is 2.86. The Hall–Kier alpha value is -0.900. The van der Waals surface area contributed by atoms with E-state index in [4.69, 9.17) is 4.74 Å². The molecule has 1 amide bonds. The molecule has 12 heavy (non-hydrogen) atoms. The third-order valence-electron chi connectivity index (χ3n) is 1.95. The molecule has 0 aromatic rings. The number of hydrogen-bond donors (Lipinski definition) is 0. The lowest BCUT2D eigenvalue weighted by Crippen LogP contribution is -2.44. The fraction of sp³-hybridized carbons (Fsp3) is 0.750. The summed E-state index contributed by atoms with van der Waals surface area (Å²) in [6.07, 6.45) is 0.326. The molecule has 0 bridgehead atoms. The molecule has 1 fully saturated rings. The number of carbonyl (C=O) groups excluding carboxylic acids is 2. The molecule has 1 aliphatic rings. The van der Waals surface area contributed by atoms with Crippen LogP contribution in [0.3, 0.4) is 0 Å². The summed E-state index contributed by atoms with van der Waals surface area (Å²) in [5, 5.41) is 0. The Balaban J connectivity index is 2.77. The Labute approximate surface area is 71.5 Å². The molecule has 0 N–H and O–H groups in total. The summed E-state index contributed by atoms with van der Waals surface area (Å²) in [5.41, 5.74) is -0.641. The van der Waals surface area contributed by atoms with Crippen LogP contribution in [0.5, 0.6) is 0 Å². The van der Waals surface area contributed by atoms with Crippen molar-refractivity contribution >= 4 is 12.2 Å². The molecule has 4 nitrogen and oxygen atoms in total. The van der Waals surface area contributed by atoms with E-state index in [1.807, 2.05) is 6.92 Å². The van der Waals surface area contributed by atoms with Crippen LogP contribution in [0.15, 0.2) is 0 Å². The van der Waals surface area contributed by atoms with Crippen LogP contribution in [0.2, 0.25) is 0 Å². The monoisotopic (exact) mass is 171 g/mol. The zero-order chi connectivity index (χ0) is 9.35. The molecular formula is C8H13NO3. The standard InChI is InChI=1S/C8H13NO3/c1-6-4-9(7(11)5-10)8(2,3)12-6/h5-6H,4H2,1-3H3. The highest BCUT2D eigenvalue weighted by molar-refractivity contribution is 6.23. The van der Waals surface area contributed by atoms with E-state index in [0.29, 0.717) is 12.8 Å². The van der Waals surface area contributed by atoms with Gasteiger partial charge in [0, 0.05) is 6.54 Å². The molecule has 0 radical (unpaired) electrons. The zero-order valence-corrected chi connectivity index (χ0v) is 7.53. The number of carbonyl (C=O) groups is 2. The van der Waals surface area contributed by atoms with Crippen molar-refractivity contribution in [2.75, 3.05) is 6.54 Å². The predicted octanol–water partition coefficient (Wildman–Crippen LogP) is 0.169. The van der Waals surface area contributed by atoms with Gasteiger partial charge in [0.1, 0.15) is 5.72 Å². The van der Waals surface area contributed by atoms with Crippen molar-refractivity contribution in [1.29, 1.82) is 0 Å². The number of hydrogen-bond acceptors (Lipinski definition) is 3. The molecular weight excluding hydrogens is 158 g/mol. The van der Waals surface area contributed by atoms with Crippen molar-refractivity contribution in [1.82, 2.24) is 4.90 Å². The van der Waals surface area contributed by atoms with Crippen molar-refractivity contribution in [3.05, 3.63) is 0 Å². The van der Waals surface area contributed by atoms with Gasteiger partial charge in [-0.3, -0.25) is 9.59 Å². The van der Waals surface area contributed by atoms with Gasteiger partial charge in [0.25, 0.3) is 5.91 Å². The maximum atomic E-state index is 11.1. The fourth-order valence-corrected chi connectivity index (χ4v) is 1.49.